The molecule has 1 heterocycles. The number of ether oxygens (including phenoxy) is 1. The molecule has 5 heteroatoms. The molecule has 0 unspecified atom stereocenters. The van der Waals surface area contributed by atoms with E-state index in [1.54, 1.807) is 12.1 Å². The van der Waals surface area contributed by atoms with Gasteiger partial charge in [0, 0.05) is 16.6 Å². The Kier molecular flexibility index (Phi) is 2.97. The Morgan fingerprint density at radius 3 is 2.79 bits per heavy atom. The molecule has 0 fully saturated rings. The van der Waals surface area contributed by atoms with Crippen LogP contribution in [0.5, 0.6) is 5.75 Å². The third kappa shape index (κ3) is 2.09. The molecular formula is C14H13F2NO2. The highest BCUT2D eigenvalue weighted by atomic mass is 19.3. The number of hydrogen-bond donors (Lipinski definition) is 1. The maximum Gasteiger partial charge on any atom is 0.387 e. The predicted molar refractivity (Wildman–Crippen MR) is 67.8 cm³/mol. The van der Waals surface area contributed by atoms with Gasteiger partial charge in [0.1, 0.15) is 5.75 Å². The lowest BCUT2D eigenvalue weighted by Crippen LogP contribution is -2.18. The van der Waals surface area contributed by atoms with Crippen LogP contribution in [0.3, 0.4) is 0 Å². The van der Waals surface area contributed by atoms with E-state index >= 15 is 0 Å². The van der Waals surface area contributed by atoms with Crippen LogP contribution < -0.4 is 10.2 Å². The van der Waals surface area contributed by atoms with Crippen molar-refractivity contribution >= 4 is 10.9 Å². The number of nitrogens with one attached hydrogen (secondary N) is 1. The second kappa shape index (κ2) is 4.64. The second-order valence-corrected chi connectivity index (χ2v) is 4.68. The Bertz CT molecular complexity index is 679. The summed E-state index contributed by atoms with van der Waals surface area (Å²) in [7, 11) is 0. The topological polar surface area (TPSA) is 42.1 Å². The van der Waals surface area contributed by atoms with Crippen LogP contribution in [-0.4, -0.2) is 11.6 Å². The van der Waals surface area contributed by atoms with E-state index < -0.39 is 6.61 Å². The van der Waals surface area contributed by atoms with Crippen molar-refractivity contribution in [2.75, 3.05) is 0 Å². The lowest BCUT2D eigenvalue weighted by Gasteiger charge is -2.17. The lowest BCUT2D eigenvalue weighted by atomic mass is 9.94. The van der Waals surface area contributed by atoms with Crippen molar-refractivity contribution in [3.05, 3.63) is 39.7 Å². The number of rotatable bonds is 2. The monoisotopic (exact) mass is 265 g/mol. The molecule has 3 rings (SSSR count). The number of para-hydroxylation sites is 1. The minimum absolute atomic E-state index is 0.0259. The summed E-state index contributed by atoms with van der Waals surface area (Å²) in [4.78, 5) is 15.5. The average Bonchev–Trinajstić information content (AvgIpc) is 2.40. The number of H-pyrrole nitrogens is 1. The van der Waals surface area contributed by atoms with Gasteiger partial charge in [-0.05, 0) is 37.8 Å². The fourth-order valence-electron chi connectivity index (χ4n) is 2.65. The SMILES string of the molecule is O=c1c2c([nH]c3c(OC(F)F)cccc13)CCCC2. The summed E-state index contributed by atoms with van der Waals surface area (Å²) in [6.07, 6.45) is 3.53. The second-order valence-electron chi connectivity index (χ2n) is 4.68. The van der Waals surface area contributed by atoms with Crippen LogP contribution >= 0.6 is 0 Å². The number of hydrogen-bond acceptors (Lipinski definition) is 2. The molecule has 0 saturated heterocycles. The Morgan fingerprint density at radius 1 is 1.21 bits per heavy atom. The minimum atomic E-state index is -2.90. The quantitative estimate of drug-likeness (QED) is 0.907. The normalized spacial score (nSPS) is 14.7. The molecule has 1 aliphatic rings. The van der Waals surface area contributed by atoms with Crippen LogP contribution in [0.1, 0.15) is 24.1 Å². The van der Waals surface area contributed by atoms with Gasteiger partial charge in [-0.15, -0.1) is 0 Å². The molecule has 0 aliphatic heterocycles. The summed E-state index contributed by atoms with van der Waals surface area (Å²) >= 11 is 0. The number of alkyl halides is 2. The highest BCUT2D eigenvalue weighted by molar-refractivity contribution is 5.85. The van der Waals surface area contributed by atoms with Crippen molar-refractivity contribution in [1.29, 1.82) is 0 Å². The smallest absolute Gasteiger partial charge is 0.387 e. The van der Waals surface area contributed by atoms with Crippen LogP contribution in [0.4, 0.5) is 8.78 Å². The van der Waals surface area contributed by atoms with Gasteiger partial charge >= 0.3 is 6.61 Å². The van der Waals surface area contributed by atoms with Gasteiger partial charge in [0.15, 0.2) is 5.43 Å². The Labute approximate surface area is 108 Å². The van der Waals surface area contributed by atoms with Gasteiger partial charge in [-0.2, -0.15) is 8.78 Å². The van der Waals surface area contributed by atoms with E-state index in [4.69, 9.17) is 0 Å². The number of halogens is 2. The zero-order valence-electron chi connectivity index (χ0n) is 10.2. The fourth-order valence-corrected chi connectivity index (χ4v) is 2.65. The van der Waals surface area contributed by atoms with E-state index in [1.165, 1.54) is 6.07 Å². The number of aromatic nitrogens is 1. The summed E-state index contributed by atoms with van der Waals surface area (Å²) in [6, 6.07) is 4.64. The minimum Gasteiger partial charge on any atom is -0.433 e. The van der Waals surface area contributed by atoms with Crippen molar-refractivity contribution < 1.29 is 13.5 Å². The van der Waals surface area contributed by atoms with Crippen molar-refractivity contribution in [1.82, 2.24) is 4.98 Å². The van der Waals surface area contributed by atoms with E-state index in [-0.39, 0.29) is 11.2 Å². The number of aromatic amines is 1. The number of fused-ring (bicyclic) bond motifs is 2. The number of benzene rings is 1. The Hall–Kier alpha value is -1.91. The molecule has 0 saturated carbocycles. The van der Waals surface area contributed by atoms with E-state index in [2.05, 4.69) is 9.72 Å². The summed E-state index contributed by atoms with van der Waals surface area (Å²) in [5.41, 5.74) is 1.94. The molecule has 1 aliphatic carbocycles. The van der Waals surface area contributed by atoms with E-state index in [9.17, 15) is 13.6 Å². The number of aryl methyl sites for hydroxylation is 1. The van der Waals surface area contributed by atoms with Gasteiger partial charge in [-0.3, -0.25) is 4.79 Å². The third-order valence-corrected chi connectivity index (χ3v) is 3.50. The summed E-state index contributed by atoms with van der Waals surface area (Å²) in [5.74, 6) is 0.0259. The first-order chi connectivity index (χ1) is 9.16. The van der Waals surface area contributed by atoms with Crippen molar-refractivity contribution in [2.24, 2.45) is 0 Å². The molecule has 0 radical (unpaired) electrons. The van der Waals surface area contributed by atoms with Gasteiger partial charge in [0.05, 0.1) is 5.52 Å². The molecule has 1 aromatic heterocycles. The zero-order valence-corrected chi connectivity index (χ0v) is 10.2. The lowest BCUT2D eigenvalue weighted by molar-refractivity contribution is -0.0489. The fraction of sp³-hybridized carbons (Fsp3) is 0.357. The molecule has 0 bridgehead atoms. The predicted octanol–water partition coefficient (Wildman–Crippen LogP) is 3.01. The van der Waals surface area contributed by atoms with Gasteiger partial charge in [-0.1, -0.05) is 6.07 Å². The maximum atomic E-state index is 12.4. The first-order valence-corrected chi connectivity index (χ1v) is 6.28. The van der Waals surface area contributed by atoms with E-state index in [0.717, 1.165) is 36.9 Å². The van der Waals surface area contributed by atoms with Crippen molar-refractivity contribution in [3.8, 4) is 5.75 Å². The molecule has 1 aromatic carbocycles. The van der Waals surface area contributed by atoms with E-state index in [1.807, 2.05) is 0 Å². The molecule has 1 N–H and O–H groups in total. The van der Waals surface area contributed by atoms with Crippen LogP contribution in [0.15, 0.2) is 23.0 Å². The number of pyridine rings is 1. The van der Waals surface area contributed by atoms with Gasteiger partial charge in [-0.25, -0.2) is 0 Å². The Morgan fingerprint density at radius 2 is 2.00 bits per heavy atom. The molecule has 19 heavy (non-hydrogen) atoms. The molecule has 0 atom stereocenters. The van der Waals surface area contributed by atoms with Crippen molar-refractivity contribution in [3.63, 3.8) is 0 Å². The molecule has 0 spiro atoms. The van der Waals surface area contributed by atoms with Gasteiger partial charge in [0.25, 0.3) is 0 Å². The molecule has 3 nitrogen and oxygen atoms in total. The first kappa shape index (κ1) is 12.1. The van der Waals surface area contributed by atoms with Crippen LogP contribution in [-0.2, 0) is 12.8 Å². The highest BCUT2D eigenvalue weighted by Gasteiger charge is 2.18. The summed E-state index contributed by atoms with van der Waals surface area (Å²) < 4.78 is 29.2. The highest BCUT2D eigenvalue weighted by Crippen LogP contribution is 2.26. The standard InChI is InChI=1S/C14H13F2NO2/c15-14(16)19-11-7-3-5-9-12(11)17-10-6-2-1-4-8(10)13(9)18/h3,5,7,14H,1-2,4,6H2,(H,17,18). The average molecular weight is 265 g/mol. The molecule has 100 valence electrons. The molecule has 2 aromatic rings. The third-order valence-electron chi connectivity index (χ3n) is 3.50. The van der Waals surface area contributed by atoms with Crippen LogP contribution in [0, 0.1) is 0 Å². The van der Waals surface area contributed by atoms with Gasteiger partial charge < -0.3 is 9.72 Å². The zero-order chi connectivity index (χ0) is 13.4. The van der Waals surface area contributed by atoms with Gasteiger partial charge in [0.2, 0.25) is 0 Å². The summed E-state index contributed by atoms with van der Waals surface area (Å²) in [6.45, 7) is -2.90. The largest absolute Gasteiger partial charge is 0.433 e. The summed E-state index contributed by atoms with van der Waals surface area (Å²) in [5, 5.41) is 0.416. The molecular weight excluding hydrogens is 252 g/mol. The van der Waals surface area contributed by atoms with Crippen LogP contribution in [0.25, 0.3) is 10.9 Å². The van der Waals surface area contributed by atoms with Crippen LogP contribution in [0.2, 0.25) is 0 Å². The Balaban J connectivity index is 2.26. The molecule has 0 amide bonds. The van der Waals surface area contributed by atoms with Crippen molar-refractivity contribution in [2.45, 2.75) is 32.3 Å². The maximum absolute atomic E-state index is 12.4. The van der Waals surface area contributed by atoms with E-state index in [0.29, 0.717) is 10.9 Å². The first-order valence-electron chi connectivity index (χ1n) is 6.28.